The predicted molar refractivity (Wildman–Crippen MR) is 124 cm³/mol. The van der Waals surface area contributed by atoms with Gasteiger partial charge in [-0.05, 0) is 31.5 Å². The Morgan fingerprint density at radius 1 is 1.18 bits per heavy atom. The molecule has 1 saturated heterocycles. The lowest BCUT2D eigenvalue weighted by Gasteiger charge is -2.36. The van der Waals surface area contributed by atoms with Crippen molar-refractivity contribution in [2.45, 2.75) is 26.9 Å². The molecule has 1 amide bonds. The predicted octanol–water partition coefficient (Wildman–Crippen LogP) is 1.23. The van der Waals surface area contributed by atoms with Crippen LogP contribution >= 0.6 is 0 Å². The summed E-state index contributed by atoms with van der Waals surface area (Å²) in [6.07, 6.45) is 0. The van der Waals surface area contributed by atoms with Gasteiger partial charge in [-0.1, -0.05) is 6.07 Å². The van der Waals surface area contributed by atoms with Crippen LogP contribution in [0.15, 0.2) is 33.9 Å². The summed E-state index contributed by atoms with van der Waals surface area (Å²) >= 11 is 0. The van der Waals surface area contributed by atoms with Crippen LogP contribution in [0.5, 0.6) is 0 Å². The highest BCUT2D eigenvalue weighted by atomic mass is 19.1. The van der Waals surface area contributed by atoms with Crippen LogP contribution in [0.4, 0.5) is 10.1 Å². The maximum Gasteiger partial charge on any atom is 0.328 e. The zero-order valence-electron chi connectivity index (χ0n) is 18.9. The molecule has 33 heavy (non-hydrogen) atoms. The first kappa shape index (κ1) is 22.7. The number of anilines is 1. The Morgan fingerprint density at radius 3 is 2.58 bits per heavy atom. The number of H-pyrrole nitrogens is 1. The van der Waals surface area contributed by atoms with Crippen LogP contribution in [-0.4, -0.2) is 58.6 Å². The summed E-state index contributed by atoms with van der Waals surface area (Å²) in [5, 5.41) is 2.90. The number of nitrogens with one attached hydrogen (secondary N) is 2. The molecule has 0 saturated carbocycles. The molecule has 3 heterocycles. The third-order valence-electron chi connectivity index (χ3n) is 6.06. The van der Waals surface area contributed by atoms with Crippen molar-refractivity contribution in [3.63, 3.8) is 0 Å². The van der Waals surface area contributed by atoms with E-state index in [4.69, 9.17) is 0 Å². The zero-order valence-corrected chi connectivity index (χ0v) is 18.9. The number of aromatic nitrogens is 3. The SMILES string of the molecule is CCn1c(=O)[nH]c2cc(CN3CCN(c4cc(F)c(C(=O)NC)nc4C)CC3)ccc2c1=O. The van der Waals surface area contributed by atoms with E-state index >= 15 is 0 Å². The smallest absolute Gasteiger partial charge is 0.328 e. The number of halogens is 1. The number of pyridine rings is 1. The second-order valence-corrected chi connectivity index (χ2v) is 8.13. The summed E-state index contributed by atoms with van der Waals surface area (Å²) in [7, 11) is 1.44. The van der Waals surface area contributed by atoms with Crippen LogP contribution in [0.1, 0.15) is 28.7 Å². The molecule has 0 atom stereocenters. The number of nitrogens with zero attached hydrogens (tertiary/aromatic N) is 4. The van der Waals surface area contributed by atoms with Gasteiger partial charge in [0.1, 0.15) is 0 Å². The molecule has 1 fully saturated rings. The van der Waals surface area contributed by atoms with Crippen LogP contribution in [0.2, 0.25) is 0 Å². The Balaban J connectivity index is 1.46. The molecule has 3 aromatic rings. The van der Waals surface area contributed by atoms with Gasteiger partial charge in [0.25, 0.3) is 11.5 Å². The lowest BCUT2D eigenvalue weighted by atomic mass is 10.1. The first-order valence-corrected chi connectivity index (χ1v) is 10.9. The average Bonchev–Trinajstić information content (AvgIpc) is 2.80. The third kappa shape index (κ3) is 4.38. The number of amides is 1. The van der Waals surface area contributed by atoms with Gasteiger partial charge in [-0.2, -0.15) is 0 Å². The van der Waals surface area contributed by atoms with Crippen LogP contribution in [0.25, 0.3) is 10.9 Å². The van der Waals surface area contributed by atoms with Gasteiger partial charge < -0.3 is 15.2 Å². The van der Waals surface area contributed by atoms with Gasteiger partial charge in [0, 0.05) is 52.4 Å². The van der Waals surface area contributed by atoms with Crippen molar-refractivity contribution < 1.29 is 9.18 Å². The van der Waals surface area contributed by atoms with Crippen molar-refractivity contribution in [1.82, 2.24) is 24.8 Å². The van der Waals surface area contributed by atoms with Crippen LogP contribution in [0, 0.1) is 12.7 Å². The lowest BCUT2D eigenvalue weighted by molar-refractivity contribution is 0.0953. The summed E-state index contributed by atoms with van der Waals surface area (Å²) in [5.74, 6) is -1.18. The first-order chi connectivity index (χ1) is 15.8. The van der Waals surface area contributed by atoms with E-state index in [1.165, 1.54) is 17.7 Å². The highest BCUT2D eigenvalue weighted by Gasteiger charge is 2.22. The molecule has 0 unspecified atom stereocenters. The van der Waals surface area contributed by atoms with E-state index in [1.807, 2.05) is 12.1 Å². The van der Waals surface area contributed by atoms with Crippen LogP contribution in [0.3, 0.4) is 0 Å². The van der Waals surface area contributed by atoms with Gasteiger partial charge in [-0.25, -0.2) is 14.2 Å². The standard InChI is InChI=1S/C23H27FN6O3/c1-4-30-22(32)16-6-5-15(11-18(16)27-23(30)33)13-28-7-9-29(10-8-28)19-12-17(24)20(21(31)25-3)26-14(19)2/h5-6,11-12H,4,7-10,13H2,1-3H3,(H,25,31)(H,27,33). The van der Waals surface area contributed by atoms with Crippen LogP contribution in [-0.2, 0) is 13.1 Å². The lowest BCUT2D eigenvalue weighted by Crippen LogP contribution is -2.46. The minimum Gasteiger partial charge on any atom is -0.367 e. The Labute approximate surface area is 189 Å². The highest BCUT2D eigenvalue weighted by Crippen LogP contribution is 2.23. The molecule has 1 aromatic carbocycles. The largest absolute Gasteiger partial charge is 0.367 e. The minimum atomic E-state index is -0.635. The molecule has 2 aromatic heterocycles. The fourth-order valence-corrected chi connectivity index (χ4v) is 4.26. The molecule has 1 aliphatic heterocycles. The molecule has 174 valence electrons. The minimum absolute atomic E-state index is 0.197. The molecule has 0 bridgehead atoms. The number of carbonyl (C=O) groups is 1. The maximum atomic E-state index is 14.4. The van der Waals surface area contributed by atoms with Gasteiger partial charge in [0.2, 0.25) is 0 Å². The van der Waals surface area contributed by atoms with E-state index in [2.05, 4.69) is 25.1 Å². The number of carbonyl (C=O) groups excluding carboxylic acids is 1. The molecular weight excluding hydrogens is 427 g/mol. The van der Waals surface area contributed by atoms with Gasteiger partial charge in [0.15, 0.2) is 11.5 Å². The molecule has 2 N–H and O–H groups in total. The summed E-state index contributed by atoms with van der Waals surface area (Å²) in [6.45, 7) is 7.41. The van der Waals surface area contributed by atoms with Gasteiger partial charge in [-0.3, -0.25) is 19.1 Å². The van der Waals surface area contributed by atoms with Crippen molar-refractivity contribution >= 4 is 22.5 Å². The summed E-state index contributed by atoms with van der Waals surface area (Å²) in [6, 6.07) is 6.91. The maximum absolute atomic E-state index is 14.4. The zero-order chi connectivity index (χ0) is 23.7. The Kier molecular flexibility index (Phi) is 6.28. The first-order valence-electron chi connectivity index (χ1n) is 10.9. The summed E-state index contributed by atoms with van der Waals surface area (Å²) in [5.41, 5.74) is 1.96. The number of aromatic amines is 1. The summed E-state index contributed by atoms with van der Waals surface area (Å²) < 4.78 is 15.6. The number of fused-ring (bicyclic) bond motifs is 1. The van der Waals surface area contributed by atoms with Gasteiger partial charge in [-0.15, -0.1) is 0 Å². The van der Waals surface area contributed by atoms with E-state index < -0.39 is 17.4 Å². The molecule has 10 heteroatoms. The van der Waals surface area contributed by atoms with Crippen LogP contribution < -0.4 is 21.5 Å². The fourth-order valence-electron chi connectivity index (χ4n) is 4.26. The van der Waals surface area contributed by atoms with Crippen molar-refractivity contribution in [3.05, 3.63) is 67.9 Å². The Bertz CT molecular complexity index is 1320. The van der Waals surface area contributed by atoms with Gasteiger partial charge in [0.05, 0.1) is 22.3 Å². The molecule has 0 radical (unpaired) electrons. The fraction of sp³-hybridized carbons (Fsp3) is 0.391. The molecular formula is C23H27FN6O3. The molecule has 4 rings (SSSR count). The number of rotatable bonds is 5. The summed E-state index contributed by atoms with van der Waals surface area (Å²) in [4.78, 5) is 47.6. The number of hydrogen-bond donors (Lipinski definition) is 2. The molecule has 0 aliphatic carbocycles. The Hall–Kier alpha value is -3.53. The van der Waals surface area contributed by atoms with E-state index in [1.54, 1.807) is 19.9 Å². The third-order valence-corrected chi connectivity index (χ3v) is 6.06. The quantitative estimate of drug-likeness (QED) is 0.601. The molecule has 1 aliphatic rings. The number of hydrogen-bond acceptors (Lipinski definition) is 6. The second kappa shape index (κ2) is 9.14. The number of piperazine rings is 1. The van der Waals surface area contributed by atoms with E-state index in [0.29, 0.717) is 48.5 Å². The van der Waals surface area contributed by atoms with Crippen molar-refractivity contribution in [1.29, 1.82) is 0 Å². The monoisotopic (exact) mass is 454 g/mol. The van der Waals surface area contributed by atoms with Crippen molar-refractivity contribution in [2.75, 3.05) is 38.1 Å². The van der Waals surface area contributed by atoms with Crippen molar-refractivity contribution in [3.8, 4) is 0 Å². The van der Waals surface area contributed by atoms with Gasteiger partial charge >= 0.3 is 5.69 Å². The van der Waals surface area contributed by atoms with E-state index in [0.717, 1.165) is 18.7 Å². The van der Waals surface area contributed by atoms with E-state index in [-0.39, 0.29) is 11.3 Å². The second-order valence-electron chi connectivity index (χ2n) is 8.13. The number of aryl methyl sites for hydroxylation is 1. The normalized spacial score (nSPS) is 14.6. The van der Waals surface area contributed by atoms with E-state index in [9.17, 15) is 18.8 Å². The molecule has 0 spiro atoms. The number of benzene rings is 1. The Morgan fingerprint density at radius 2 is 1.91 bits per heavy atom. The topological polar surface area (TPSA) is 103 Å². The molecule has 9 nitrogen and oxygen atoms in total. The highest BCUT2D eigenvalue weighted by molar-refractivity contribution is 5.92. The average molecular weight is 455 g/mol. The van der Waals surface area contributed by atoms with Crippen molar-refractivity contribution in [2.24, 2.45) is 0 Å².